The zero-order chi connectivity index (χ0) is 20.1. The van der Waals surface area contributed by atoms with Crippen LogP contribution in [0.1, 0.15) is 31.2 Å². The third-order valence-corrected chi connectivity index (χ3v) is 5.54. The number of halogens is 2. The van der Waals surface area contributed by atoms with E-state index in [0.29, 0.717) is 5.56 Å². The fourth-order valence-electron chi connectivity index (χ4n) is 3.21. The normalized spacial score (nSPS) is 19.1. The number of alkyl halides is 2. The van der Waals surface area contributed by atoms with E-state index in [0.717, 1.165) is 42.3 Å². The van der Waals surface area contributed by atoms with Crippen LogP contribution >= 0.6 is 11.8 Å². The number of amides is 3. The smallest absolute Gasteiger partial charge is 0.387 e. The van der Waals surface area contributed by atoms with E-state index in [-0.39, 0.29) is 35.6 Å². The van der Waals surface area contributed by atoms with Gasteiger partial charge in [0, 0.05) is 19.0 Å². The standard InChI is InChI=1S/C19H20F2N2O4S/c20-18(21)27-14-7-5-12(6-8-14)11-15-17(25)23(19(26)28-15)10-9-22-16(24)13-3-1-2-4-13/h5-8,11,13,18H,1-4,9-10H2,(H,22,24)/b15-11-. The maximum absolute atomic E-state index is 12.4. The lowest BCUT2D eigenvalue weighted by Gasteiger charge is -2.14. The summed E-state index contributed by atoms with van der Waals surface area (Å²) < 4.78 is 28.6. The molecule has 2 fully saturated rings. The molecule has 0 radical (unpaired) electrons. The van der Waals surface area contributed by atoms with E-state index in [1.54, 1.807) is 0 Å². The SMILES string of the molecule is O=C(NCCN1C(=O)S/C(=C\c2ccc(OC(F)F)cc2)C1=O)C1CCCC1. The van der Waals surface area contributed by atoms with Gasteiger partial charge in [0.15, 0.2) is 0 Å². The Morgan fingerprint density at radius 1 is 1.25 bits per heavy atom. The summed E-state index contributed by atoms with van der Waals surface area (Å²) in [6, 6.07) is 5.77. The summed E-state index contributed by atoms with van der Waals surface area (Å²) in [7, 11) is 0. The van der Waals surface area contributed by atoms with Crippen LogP contribution in [0.5, 0.6) is 5.75 Å². The minimum atomic E-state index is -2.91. The lowest BCUT2D eigenvalue weighted by atomic mass is 10.1. The van der Waals surface area contributed by atoms with Crippen molar-refractivity contribution in [2.75, 3.05) is 13.1 Å². The number of nitrogens with one attached hydrogen (secondary N) is 1. The van der Waals surface area contributed by atoms with Crippen LogP contribution in [0.2, 0.25) is 0 Å². The van der Waals surface area contributed by atoms with Crippen LogP contribution in [0.15, 0.2) is 29.2 Å². The van der Waals surface area contributed by atoms with Gasteiger partial charge < -0.3 is 10.1 Å². The van der Waals surface area contributed by atoms with Crippen molar-refractivity contribution in [1.82, 2.24) is 10.2 Å². The predicted octanol–water partition coefficient (Wildman–Crippen LogP) is 3.63. The Labute approximate surface area is 165 Å². The van der Waals surface area contributed by atoms with Gasteiger partial charge in [-0.2, -0.15) is 8.78 Å². The molecule has 1 saturated carbocycles. The first kappa shape index (κ1) is 20.3. The van der Waals surface area contributed by atoms with Crippen molar-refractivity contribution in [3.63, 3.8) is 0 Å². The van der Waals surface area contributed by atoms with Crippen molar-refractivity contribution in [2.45, 2.75) is 32.3 Å². The highest BCUT2D eigenvalue weighted by Crippen LogP contribution is 2.32. The average molecular weight is 410 g/mol. The Kier molecular flexibility index (Phi) is 6.66. The Balaban J connectivity index is 1.55. The average Bonchev–Trinajstić information content (AvgIpc) is 3.27. The number of hydrogen-bond donors (Lipinski definition) is 1. The van der Waals surface area contributed by atoms with E-state index in [4.69, 9.17) is 0 Å². The predicted molar refractivity (Wildman–Crippen MR) is 101 cm³/mol. The summed E-state index contributed by atoms with van der Waals surface area (Å²) in [5.41, 5.74) is 0.585. The second-order valence-electron chi connectivity index (χ2n) is 6.55. The van der Waals surface area contributed by atoms with E-state index in [2.05, 4.69) is 10.1 Å². The Bertz CT molecular complexity index is 777. The molecule has 6 nitrogen and oxygen atoms in total. The first-order valence-electron chi connectivity index (χ1n) is 9.02. The fraction of sp³-hybridized carbons (Fsp3) is 0.421. The highest BCUT2D eigenvalue weighted by Gasteiger charge is 2.34. The summed E-state index contributed by atoms with van der Waals surface area (Å²) in [5, 5.41) is 2.39. The monoisotopic (exact) mass is 410 g/mol. The molecule has 1 aromatic rings. The summed E-state index contributed by atoms with van der Waals surface area (Å²) in [6.07, 6.45) is 5.41. The maximum atomic E-state index is 12.4. The van der Waals surface area contributed by atoms with Crippen LogP contribution < -0.4 is 10.1 Å². The van der Waals surface area contributed by atoms with Gasteiger partial charge in [0.1, 0.15) is 5.75 Å². The maximum Gasteiger partial charge on any atom is 0.387 e. The number of thioether (sulfide) groups is 1. The Morgan fingerprint density at radius 2 is 1.93 bits per heavy atom. The van der Waals surface area contributed by atoms with Crippen molar-refractivity contribution in [3.05, 3.63) is 34.7 Å². The number of carbonyl (C=O) groups excluding carboxylic acids is 3. The number of imide groups is 1. The Hall–Kier alpha value is -2.42. The largest absolute Gasteiger partial charge is 0.435 e. The Morgan fingerprint density at radius 3 is 2.57 bits per heavy atom. The van der Waals surface area contributed by atoms with Gasteiger partial charge in [-0.1, -0.05) is 25.0 Å². The molecular weight excluding hydrogens is 390 g/mol. The molecule has 1 aromatic carbocycles. The number of benzene rings is 1. The van der Waals surface area contributed by atoms with Crippen LogP contribution in [0.4, 0.5) is 13.6 Å². The minimum Gasteiger partial charge on any atom is -0.435 e. The first-order valence-corrected chi connectivity index (χ1v) is 9.83. The topological polar surface area (TPSA) is 75.7 Å². The molecule has 0 atom stereocenters. The summed E-state index contributed by atoms with van der Waals surface area (Å²) >= 11 is 0.810. The zero-order valence-electron chi connectivity index (χ0n) is 15.0. The summed E-state index contributed by atoms with van der Waals surface area (Å²) in [5.74, 6) is -0.408. The number of carbonyl (C=O) groups is 3. The van der Waals surface area contributed by atoms with Crippen LogP contribution in [0.3, 0.4) is 0 Å². The van der Waals surface area contributed by atoms with Crippen molar-refractivity contribution in [3.8, 4) is 5.75 Å². The fourth-order valence-corrected chi connectivity index (χ4v) is 4.08. The molecular formula is C19H20F2N2O4S. The van der Waals surface area contributed by atoms with Crippen molar-refractivity contribution < 1.29 is 27.9 Å². The third-order valence-electron chi connectivity index (χ3n) is 4.64. The molecule has 3 amide bonds. The molecule has 150 valence electrons. The molecule has 1 aliphatic heterocycles. The second kappa shape index (κ2) is 9.18. The van der Waals surface area contributed by atoms with Crippen molar-refractivity contribution in [1.29, 1.82) is 0 Å². The molecule has 1 N–H and O–H groups in total. The number of ether oxygens (including phenoxy) is 1. The van der Waals surface area contributed by atoms with Gasteiger partial charge in [-0.05, 0) is 48.4 Å². The van der Waals surface area contributed by atoms with Gasteiger partial charge >= 0.3 is 6.61 Å². The minimum absolute atomic E-state index is 0.0123. The number of nitrogens with zero attached hydrogens (tertiary/aromatic N) is 1. The summed E-state index contributed by atoms with van der Waals surface area (Å²) in [6.45, 7) is -2.57. The molecule has 1 saturated heterocycles. The lowest BCUT2D eigenvalue weighted by Crippen LogP contribution is -2.39. The van der Waals surface area contributed by atoms with Crippen LogP contribution in [-0.4, -0.2) is 41.7 Å². The molecule has 28 heavy (non-hydrogen) atoms. The second-order valence-corrected chi connectivity index (χ2v) is 7.55. The molecule has 0 spiro atoms. The van der Waals surface area contributed by atoms with E-state index in [1.807, 2.05) is 0 Å². The van der Waals surface area contributed by atoms with Crippen molar-refractivity contribution in [2.24, 2.45) is 5.92 Å². The molecule has 1 heterocycles. The van der Waals surface area contributed by atoms with E-state index in [9.17, 15) is 23.2 Å². The molecule has 9 heteroatoms. The quantitative estimate of drug-likeness (QED) is 0.695. The van der Waals surface area contributed by atoms with E-state index >= 15 is 0 Å². The molecule has 3 rings (SSSR count). The van der Waals surface area contributed by atoms with Gasteiger partial charge in [-0.3, -0.25) is 19.3 Å². The highest BCUT2D eigenvalue weighted by atomic mass is 32.2. The van der Waals surface area contributed by atoms with E-state index < -0.39 is 17.8 Å². The van der Waals surface area contributed by atoms with Crippen molar-refractivity contribution >= 4 is 34.9 Å². The van der Waals surface area contributed by atoms with Crippen LogP contribution in [0, 0.1) is 5.92 Å². The summed E-state index contributed by atoms with van der Waals surface area (Å²) in [4.78, 5) is 37.9. The number of rotatable bonds is 7. The van der Waals surface area contributed by atoms with Gasteiger partial charge in [-0.15, -0.1) is 0 Å². The molecule has 0 bridgehead atoms. The number of hydrogen-bond acceptors (Lipinski definition) is 5. The van der Waals surface area contributed by atoms with Gasteiger partial charge in [0.2, 0.25) is 5.91 Å². The molecule has 0 unspecified atom stereocenters. The highest BCUT2D eigenvalue weighted by molar-refractivity contribution is 8.18. The lowest BCUT2D eigenvalue weighted by molar-refractivity contribution is -0.126. The molecule has 1 aliphatic carbocycles. The molecule has 0 aromatic heterocycles. The first-order chi connectivity index (χ1) is 13.4. The van der Waals surface area contributed by atoms with Crippen LogP contribution in [0.25, 0.3) is 6.08 Å². The van der Waals surface area contributed by atoms with Gasteiger partial charge in [0.05, 0.1) is 4.91 Å². The van der Waals surface area contributed by atoms with E-state index in [1.165, 1.54) is 30.3 Å². The third kappa shape index (κ3) is 5.09. The zero-order valence-corrected chi connectivity index (χ0v) is 15.8. The van der Waals surface area contributed by atoms with Gasteiger partial charge in [-0.25, -0.2) is 0 Å². The van der Waals surface area contributed by atoms with Gasteiger partial charge in [0.25, 0.3) is 11.1 Å². The molecule has 2 aliphatic rings. The van der Waals surface area contributed by atoms with Crippen LogP contribution in [-0.2, 0) is 9.59 Å².